The van der Waals surface area contributed by atoms with E-state index in [1.165, 1.54) is 0 Å². The van der Waals surface area contributed by atoms with Crippen LogP contribution in [0.3, 0.4) is 0 Å². The summed E-state index contributed by atoms with van der Waals surface area (Å²) in [4.78, 5) is 18.5. The van der Waals surface area contributed by atoms with Gasteiger partial charge in [-0.3, -0.25) is 9.78 Å². The second kappa shape index (κ2) is 7.88. The van der Waals surface area contributed by atoms with E-state index in [-0.39, 0.29) is 5.91 Å². The molecule has 0 bridgehead atoms. The van der Waals surface area contributed by atoms with Crippen molar-refractivity contribution >= 4 is 12.0 Å². The van der Waals surface area contributed by atoms with E-state index in [1.54, 1.807) is 29.4 Å². The van der Waals surface area contributed by atoms with Crippen LogP contribution in [0.15, 0.2) is 91.4 Å². The highest BCUT2D eigenvalue weighted by Gasteiger charge is 2.13. The Bertz CT molecular complexity index is 799. The number of amides is 1. The van der Waals surface area contributed by atoms with Gasteiger partial charge in [-0.05, 0) is 29.3 Å². The van der Waals surface area contributed by atoms with Crippen LogP contribution in [0, 0.1) is 0 Å². The van der Waals surface area contributed by atoms with E-state index in [9.17, 15) is 4.79 Å². The van der Waals surface area contributed by atoms with Gasteiger partial charge in [0.25, 0.3) is 5.91 Å². The normalized spacial score (nSPS) is 10.7. The van der Waals surface area contributed by atoms with Crippen molar-refractivity contribution in [2.75, 3.05) is 0 Å². The zero-order valence-corrected chi connectivity index (χ0v) is 13.2. The first-order valence-corrected chi connectivity index (χ1v) is 7.81. The molecule has 0 saturated carbocycles. The number of hydrogen-bond acceptors (Lipinski definition) is 2. The van der Waals surface area contributed by atoms with E-state index >= 15 is 0 Å². The lowest BCUT2D eigenvalue weighted by Crippen LogP contribution is -2.25. The Kier molecular flexibility index (Phi) is 5.15. The van der Waals surface area contributed by atoms with E-state index in [0.29, 0.717) is 12.1 Å². The van der Waals surface area contributed by atoms with Crippen molar-refractivity contribution in [3.8, 4) is 0 Å². The molecular formula is C21H18N2O. The topological polar surface area (TPSA) is 33.2 Å². The Morgan fingerprint density at radius 3 is 2.17 bits per heavy atom. The minimum Gasteiger partial charge on any atom is -0.311 e. The second-order valence-electron chi connectivity index (χ2n) is 5.38. The summed E-state index contributed by atoms with van der Waals surface area (Å²) in [6.07, 6.45) is 7.05. The number of carbonyl (C=O) groups excluding carboxylic acids is 1. The molecule has 3 rings (SSSR count). The third-order valence-electron chi connectivity index (χ3n) is 3.63. The van der Waals surface area contributed by atoms with Crippen molar-refractivity contribution in [3.05, 3.63) is 108 Å². The Balaban J connectivity index is 1.86. The smallest absolute Gasteiger partial charge is 0.258 e. The van der Waals surface area contributed by atoms with Crippen LogP contribution >= 0.6 is 0 Å². The maximum Gasteiger partial charge on any atom is 0.258 e. The van der Waals surface area contributed by atoms with Crippen molar-refractivity contribution in [3.63, 3.8) is 0 Å². The molecule has 0 saturated heterocycles. The van der Waals surface area contributed by atoms with Crippen LogP contribution in [0.1, 0.15) is 21.5 Å². The third-order valence-corrected chi connectivity index (χ3v) is 3.63. The van der Waals surface area contributed by atoms with Crippen LogP contribution < -0.4 is 0 Å². The number of hydrogen-bond donors (Lipinski definition) is 0. The largest absolute Gasteiger partial charge is 0.311 e. The Hall–Kier alpha value is -3.20. The Morgan fingerprint density at radius 1 is 0.875 bits per heavy atom. The average Bonchev–Trinajstić information content (AvgIpc) is 2.67. The summed E-state index contributed by atoms with van der Waals surface area (Å²) in [6, 6.07) is 23.4. The van der Waals surface area contributed by atoms with Gasteiger partial charge in [0.1, 0.15) is 0 Å². The number of nitrogens with zero attached hydrogens (tertiary/aromatic N) is 2. The number of aromatic nitrogens is 1. The summed E-state index contributed by atoms with van der Waals surface area (Å²) in [6.45, 7) is 0.519. The molecule has 0 N–H and O–H groups in total. The van der Waals surface area contributed by atoms with Crippen molar-refractivity contribution in [2.24, 2.45) is 0 Å². The highest BCUT2D eigenvalue weighted by molar-refractivity contribution is 5.95. The second-order valence-corrected chi connectivity index (χ2v) is 5.38. The molecule has 0 aliphatic rings. The van der Waals surface area contributed by atoms with Crippen LogP contribution in [0.5, 0.6) is 0 Å². The first-order valence-electron chi connectivity index (χ1n) is 7.81. The van der Waals surface area contributed by atoms with Crippen LogP contribution in [0.2, 0.25) is 0 Å². The van der Waals surface area contributed by atoms with E-state index in [0.717, 1.165) is 11.1 Å². The van der Waals surface area contributed by atoms with Crippen molar-refractivity contribution < 1.29 is 4.79 Å². The fourth-order valence-corrected chi connectivity index (χ4v) is 2.37. The lowest BCUT2D eigenvalue weighted by Gasteiger charge is -2.19. The van der Waals surface area contributed by atoms with Gasteiger partial charge in [-0.1, -0.05) is 60.7 Å². The first kappa shape index (κ1) is 15.7. The Labute approximate surface area is 141 Å². The molecule has 0 aliphatic heterocycles. The van der Waals surface area contributed by atoms with E-state index in [2.05, 4.69) is 4.98 Å². The minimum absolute atomic E-state index is 0.0477. The van der Waals surface area contributed by atoms with Crippen LogP contribution in [0.4, 0.5) is 0 Å². The molecule has 0 unspecified atom stereocenters. The van der Waals surface area contributed by atoms with Crippen molar-refractivity contribution in [1.29, 1.82) is 0 Å². The molecule has 118 valence electrons. The molecule has 3 heteroatoms. The molecule has 1 aromatic heterocycles. The predicted molar refractivity (Wildman–Crippen MR) is 96.0 cm³/mol. The number of rotatable bonds is 5. The molecule has 1 heterocycles. The van der Waals surface area contributed by atoms with Gasteiger partial charge in [0.05, 0.1) is 6.54 Å². The summed E-state index contributed by atoms with van der Waals surface area (Å²) in [5.74, 6) is -0.0477. The molecule has 3 aromatic rings. The van der Waals surface area contributed by atoms with Crippen molar-refractivity contribution in [2.45, 2.75) is 6.54 Å². The van der Waals surface area contributed by atoms with Gasteiger partial charge < -0.3 is 4.90 Å². The minimum atomic E-state index is -0.0477. The summed E-state index contributed by atoms with van der Waals surface area (Å²) < 4.78 is 0. The summed E-state index contributed by atoms with van der Waals surface area (Å²) in [7, 11) is 0. The van der Waals surface area contributed by atoms with Gasteiger partial charge in [-0.2, -0.15) is 0 Å². The number of benzene rings is 2. The maximum absolute atomic E-state index is 12.8. The standard InChI is InChI=1S/C21H18N2O/c24-21(20-11-14-22-15-12-20)23(17-19-9-5-2-6-10-19)16-13-18-7-3-1-4-8-18/h1-16H,17H2. The quantitative estimate of drug-likeness (QED) is 0.699. The zero-order valence-electron chi connectivity index (χ0n) is 13.2. The molecule has 0 spiro atoms. The molecule has 1 amide bonds. The highest BCUT2D eigenvalue weighted by Crippen LogP contribution is 2.12. The molecular weight excluding hydrogens is 296 g/mol. The SMILES string of the molecule is O=C(c1ccncc1)N(C=Cc1ccccc1)Cc1ccccc1. The van der Waals surface area contributed by atoms with E-state index in [4.69, 9.17) is 0 Å². The molecule has 0 atom stereocenters. The summed E-state index contributed by atoms with van der Waals surface area (Å²) >= 11 is 0. The zero-order chi connectivity index (χ0) is 16.6. The maximum atomic E-state index is 12.8. The predicted octanol–water partition coefficient (Wildman–Crippen LogP) is 4.39. The van der Waals surface area contributed by atoms with Gasteiger partial charge in [0.2, 0.25) is 0 Å². The molecule has 2 aromatic carbocycles. The molecule has 0 radical (unpaired) electrons. The van der Waals surface area contributed by atoms with Gasteiger partial charge in [-0.25, -0.2) is 0 Å². The van der Waals surface area contributed by atoms with Crippen LogP contribution in [-0.4, -0.2) is 15.8 Å². The third kappa shape index (κ3) is 4.17. The van der Waals surface area contributed by atoms with Gasteiger partial charge in [0, 0.05) is 24.2 Å². The average molecular weight is 314 g/mol. The number of carbonyl (C=O) groups is 1. The summed E-state index contributed by atoms with van der Waals surface area (Å²) in [5.41, 5.74) is 2.76. The molecule has 0 fully saturated rings. The van der Waals surface area contributed by atoms with E-state index < -0.39 is 0 Å². The monoisotopic (exact) mass is 314 g/mol. The van der Waals surface area contributed by atoms with Gasteiger partial charge in [0.15, 0.2) is 0 Å². The Morgan fingerprint density at radius 2 is 1.50 bits per heavy atom. The summed E-state index contributed by atoms with van der Waals surface area (Å²) in [5, 5.41) is 0. The van der Waals surface area contributed by atoms with Crippen LogP contribution in [0.25, 0.3) is 6.08 Å². The highest BCUT2D eigenvalue weighted by atomic mass is 16.2. The van der Waals surface area contributed by atoms with Gasteiger partial charge >= 0.3 is 0 Å². The number of pyridine rings is 1. The lowest BCUT2D eigenvalue weighted by molar-refractivity contribution is 0.0814. The lowest BCUT2D eigenvalue weighted by atomic mass is 10.1. The molecule has 3 nitrogen and oxygen atoms in total. The fraction of sp³-hybridized carbons (Fsp3) is 0.0476. The first-order chi connectivity index (χ1) is 11.8. The van der Waals surface area contributed by atoms with Crippen molar-refractivity contribution in [1.82, 2.24) is 9.88 Å². The molecule has 0 aliphatic carbocycles. The van der Waals surface area contributed by atoms with E-state index in [1.807, 2.05) is 72.9 Å². The van der Waals surface area contributed by atoms with Gasteiger partial charge in [-0.15, -0.1) is 0 Å². The van der Waals surface area contributed by atoms with Crippen LogP contribution in [-0.2, 0) is 6.54 Å². The molecule has 24 heavy (non-hydrogen) atoms. The fourth-order valence-electron chi connectivity index (χ4n) is 2.37.